The van der Waals surface area contributed by atoms with E-state index in [1.165, 1.54) is 18.5 Å². The molecule has 0 aromatic heterocycles. The number of likely N-dealkylation sites (tertiary alicyclic amines) is 1. The molecule has 1 aromatic carbocycles. The predicted octanol–water partition coefficient (Wildman–Crippen LogP) is 3.45. The molecule has 1 saturated heterocycles. The van der Waals surface area contributed by atoms with Crippen LogP contribution in [0.25, 0.3) is 0 Å². The van der Waals surface area contributed by atoms with Crippen LogP contribution in [0.1, 0.15) is 56.3 Å². The average Bonchev–Trinajstić information content (AvgIpc) is 2.64. The molecular weight excluding hydrogens is 262 g/mol. The Bertz CT molecular complexity index is 502. The third-order valence-corrected chi connectivity index (χ3v) is 4.95. The van der Waals surface area contributed by atoms with E-state index < -0.39 is 0 Å². The third kappa shape index (κ3) is 3.09. The van der Waals surface area contributed by atoms with Crippen LogP contribution in [0, 0.1) is 6.92 Å². The van der Waals surface area contributed by atoms with Gasteiger partial charge in [-0.15, -0.1) is 0 Å². The number of rotatable bonds is 2. The van der Waals surface area contributed by atoms with Gasteiger partial charge in [-0.05, 0) is 57.8 Å². The molecule has 0 radical (unpaired) electrons. The SMILES string of the molecule is CCCN1CCCC2(CC1)C[C@H](O)c1cc(C)ccc1O2. The fraction of sp³-hybridized carbons (Fsp3) is 0.667. The Morgan fingerprint density at radius 1 is 1.33 bits per heavy atom. The fourth-order valence-corrected chi connectivity index (χ4v) is 3.83. The van der Waals surface area contributed by atoms with Gasteiger partial charge >= 0.3 is 0 Å². The number of aryl methyl sites for hydroxylation is 1. The van der Waals surface area contributed by atoms with E-state index in [0.717, 1.165) is 50.1 Å². The van der Waals surface area contributed by atoms with E-state index in [1.54, 1.807) is 0 Å². The smallest absolute Gasteiger partial charge is 0.125 e. The Morgan fingerprint density at radius 2 is 2.19 bits per heavy atom. The summed E-state index contributed by atoms with van der Waals surface area (Å²) in [4.78, 5) is 2.54. The molecule has 3 rings (SSSR count). The predicted molar refractivity (Wildman–Crippen MR) is 84.7 cm³/mol. The number of fused-ring (bicyclic) bond motifs is 1. The molecule has 0 amide bonds. The zero-order valence-corrected chi connectivity index (χ0v) is 13.3. The average molecular weight is 289 g/mol. The van der Waals surface area contributed by atoms with Crippen molar-refractivity contribution in [2.45, 2.75) is 57.7 Å². The number of hydrogen-bond acceptors (Lipinski definition) is 3. The van der Waals surface area contributed by atoms with E-state index in [2.05, 4.69) is 30.9 Å². The van der Waals surface area contributed by atoms with Crippen molar-refractivity contribution in [1.82, 2.24) is 4.90 Å². The highest BCUT2D eigenvalue weighted by Gasteiger charge is 2.41. The zero-order valence-electron chi connectivity index (χ0n) is 13.3. The van der Waals surface area contributed by atoms with Gasteiger partial charge in [-0.25, -0.2) is 0 Å². The minimum atomic E-state index is -0.383. The highest BCUT2D eigenvalue weighted by Crippen LogP contribution is 2.44. The van der Waals surface area contributed by atoms with Gasteiger partial charge < -0.3 is 14.7 Å². The summed E-state index contributed by atoms with van der Waals surface area (Å²) in [6.07, 6.45) is 4.80. The van der Waals surface area contributed by atoms with Crippen molar-refractivity contribution in [1.29, 1.82) is 0 Å². The molecule has 0 saturated carbocycles. The lowest BCUT2D eigenvalue weighted by molar-refractivity contribution is -0.0239. The molecule has 3 heteroatoms. The van der Waals surface area contributed by atoms with Crippen molar-refractivity contribution in [3.05, 3.63) is 29.3 Å². The first-order chi connectivity index (χ1) is 10.1. The van der Waals surface area contributed by atoms with Crippen LogP contribution in [0.15, 0.2) is 18.2 Å². The second-order valence-corrected chi connectivity index (χ2v) is 6.74. The Balaban J connectivity index is 1.79. The molecule has 1 fully saturated rings. The highest BCUT2D eigenvalue weighted by molar-refractivity contribution is 5.41. The van der Waals surface area contributed by atoms with Crippen LogP contribution in [0.4, 0.5) is 0 Å². The molecule has 1 aromatic rings. The number of nitrogens with zero attached hydrogens (tertiary/aromatic N) is 1. The molecule has 2 aliphatic rings. The topological polar surface area (TPSA) is 32.7 Å². The molecule has 2 aliphatic heterocycles. The minimum absolute atomic E-state index is 0.163. The van der Waals surface area contributed by atoms with E-state index in [-0.39, 0.29) is 11.7 Å². The van der Waals surface area contributed by atoms with E-state index in [0.29, 0.717) is 0 Å². The van der Waals surface area contributed by atoms with Crippen LogP contribution < -0.4 is 4.74 Å². The molecule has 3 nitrogen and oxygen atoms in total. The van der Waals surface area contributed by atoms with Gasteiger partial charge in [-0.3, -0.25) is 0 Å². The monoisotopic (exact) mass is 289 g/mol. The molecule has 0 aliphatic carbocycles. The van der Waals surface area contributed by atoms with E-state index in [9.17, 15) is 5.11 Å². The Morgan fingerprint density at radius 3 is 3.00 bits per heavy atom. The Hall–Kier alpha value is -1.06. The van der Waals surface area contributed by atoms with E-state index in [1.807, 2.05) is 6.07 Å². The maximum atomic E-state index is 10.6. The molecule has 116 valence electrons. The number of ether oxygens (including phenoxy) is 1. The van der Waals surface area contributed by atoms with Crippen LogP contribution in [0.3, 0.4) is 0 Å². The van der Waals surface area contributed by atoms with Gasteiger partial charge in [0.05, 0.1) is 6.10 Å². The summed E-state index contributed by atoms with van der Waals surface area (Å²) < 4.78 is 6.41. The number of hydrogen-bond donors (Lipinski definition) is 1. The van der Waals surface area contributed by atoms with Crippen LogP contribution in [-0.4, -0.2) is 35.2 Å². The van der Waals surface area contributed by atoms with Gasteiger partial charge in [0.25, 0.3) is 0 Å². The summed E-state index contributed by atoms with van der Waals surface area (Å²) in [6.45, 7) is 7.72. The second kappa shape index (κ2) is 5.98. The van der Waals surface area contributed by atoms with Crippen LogP contribution in [0.5, 0.6) is 5.75 Å². The summed E-state index contributed by atoms with van der Waals surface area (Å²) in [5.74, 6) is 0.892. The number of benzene rings is 1. The lowest BCUT2D eigenvalue weighted by Crippen LogP contribution is -2.42. The van der Waals surface area contributed by atoms with Gasteiger partial charge in [-0.1, -0.05) is 18.6 Å². The van der Waals surface area contributed by atoms with Crippen molar-refractivity contribution in [2.24, 2.45) is 0 Å². The summed E-state index contributed by atoms with van der Waals surface area (Å²) in [6, 6.07) is 6.17. The van der Waals surface area contributed by atoms with Crippen LogP contribution in [-0.2, 0) is 0 Å². The first-order valence-electron chi connectivity index (χ1n) is 8.32. The van der Waals surface area contributed by atoms with E-state index >= 15 is 0 Å². The van der Waals surface area contributed by atoms with Crippen molar-refractivity contribution in [2.75, 3.05) is 19.6 Å². The molecular formula is C18H27NO2. The van der Waals surface area contributed by atoms with Crippen molar-refractivity contribution < 1.29 is 9.84 Å². The summed E-state index contributed by atoms with van der Waals surface area (Å²) in [5, 5.41) is 10.6. The molecule has 21 heavy (non-hydrogen) atoms. The van der Waals surface area contributed by atoms with Crippen molar-refractivity contribution in [3.63, 3.8) is 0 Å². The second-order valence-electron chi connectivity index (χ2n) is 6.74. The Kier molecular flexibility index (Phi) is 4.23. The number of aliphatic hydroxyl groups excluding tert-OH is 1. The summed E-state index contributed by atoms with van der Waals surface area (Å²) in [7, 11) is 0. The normalized spacial score (nSPS) is 29.8. The lowest BCUT2D eigenvalue weighted by atomic mass is 9.83. The van der Waals surface area contributed by atoms with Gasteiger partial charge in [0.2, 0.25) is 0 Å². The largest absolute Gasteiger partial charge is 0.487 e. The molecule has 2 heterocycles. The molecule has 2 atom stereocenters. The molecule has 0 bridgehead atoms. The zero-order chi connectivity index (χ0) is 14.9. The van der Waals surface area contributed by atoms with Gasteiger partial charge in [0.1, 0.15) is 11.4 Å². The maximum Gasteiger partial charge on any atom is 0.125 e. The van der Waals surface area contributed by atoms with Crippen LogP contribution >= 0.6 is 0 Å². The molecule has 1 unspecified atom stereocenters. The third-order valence-electron chi connectivity index (χ3n) is 4.95. The maximum absolute atomic E-state index is 10.6. The minimum Gasteiger partial charge on any atom is -0.487 e. The van der Waals surface area contributed by atoms with Crippen molar-refractivity contribution >= 4 is 0 Å². The first-order valence-corrected chi connectivity index (χ1v) is 8.32. The standard InChI is InChI=1S/C18H27NO2/c1-3-9-19-10-4-7-18(8-11-19)13-16(20)15-12-14(2)5-6-17(15)21-18/h5-6,12,16,20H,3-4,7-11,13H2,1-2H3/t16-,18?/m0/s1. The van der Waals surface area contributed by atoms with E-state index in [4.69, 9.17) is 4.74 Å². The van der Waals surface area contributed by atoms with Crippen LogP contribution in [0.2, 0.25) is 0 Å². The molecule has 1 spiro atoms. The van der Waals surface area contributed by atoms with Crippen molar-refractivity contribution in [3.8, 4) is 5.75 Å². The number of aliphatic hydroxyl groups is 1. The fourth-order valence-electron chi connectivity index (χ4n) is 3.83. The van der Waals surface area contributed by atoms with Gasteiger partial charge in [0, 0.05) is 18.5 Å². The summed E-state index contributed by atoms with van der Waals surface area (Å²) in [5.41, 5.74) is 1.99. The Labute approximate surface area is 127 Å². The quantitative estimate of drug-likeness (QED) is 0.905. The van der Waals surface area contributed by atoms with Gasteiger partial charge in [0.15, 0.2) is 0 Å². The molecule has 1 N–H and O–H groups in total. The highest BCUT2D eigenvalue weighted by atomic mass is 16.5. The summed E-state index contributed by atoms with van der Waals surface area (Å²) >= 11 is 0. The first kappa shape index (κ1) is 14.9. The lowest BCUT2D eigenvalue weighted by Gasteiger charge is -2.40. The van der Waals surface area contributed by atoms with Gasteiger partial charge in [-0.2, -0.15) is 0 Å².